The van der Waals surface area contributed by atoms with Gasteiger partial charge in [0.1, 0.15) is 0 Å². The van der Waals surface area contributed by atoms with E-state index in [9.17, 15) is 4.79 Å². The number of nitrogens with one attached hydrogen (secondary N) is 1. The molecule has 26 heavy (non-hydrogen) atoms. The number of nitrogens with zero attached hydrogens (tertiary/aromatic N) is 4. The zero-order valence-electron chi connectivity index (χ0n) is 13.9. The van der Waals surface area contributed by atoms with Crippen LogP contribution in [0.1, 0.15) is 5.56 Å². The van der Waals surface area contributed by atoms with Crippen LogP contribution in [0.5, 0.6) is 0 Å². The molecule has 0 unspecified atom stereocenters. The topological polar surface area (TPSA) is 74.8 Å². The van der Waals surface area contributed by atoms with E-state index in [0.717, 1.165) is 29.9 Å². The molecule has 0 radical (unpaired) electrons. The van der Waals surface area contributed by atoms with E-state index in [2.05, 4.69) is 26.0 Å². The second kappa shape index (κ2) is 5.77. The summed E-state index contributed by atoms with van der Waals surface area (Å²) >= 11 is 0. The smallest absolute Gasteiger partial charge is 0.262 e. The van der Waals surface area contributed by atoms with E-state index in [4.69, 9.17) is 0 Å². The van der Waals surface area contributed by atoms with Gasteiger partial charge in [0.05, 0.1) is 11.1 Å². The van der Waals surface area contributed by atoms with Crippen LogP contribution in [0.3, 0.4) is 0 Å². The van der Waals surface area contributed by atoms with Crippen molar-refractivity contribution in [2.24, 2.45) is 0 Å². The number of aromatic amines is 1. The lowest BCUT2D eigenvalue weighted by atomic mass is 10.1. The summed E-state index contributed by atoms with van der Waals surface area (Å²) in [6, 6.07) is 15.6. The van der Waals surface area contributed by atoms with Crippen LogP contribution in [0, 0.1) is 0 Å². The second-order valence-electron chi connectivity index (χ2n) is 6.19. The Kier molecular flexibility index (Phi) is 3.28. The highest BCUT2D eigenvalue weighted by atomic mass is 16.1. The van der Waals surface area contributed by atoms with Crippen LogP contribution < -0.4 is 10.5 Å². The summed E-state index contributed by atoms with van der Waals surface area (Å²) in [5.41, 5.74) is 4.02. The van der Waals surface area contributed by atoms with Gasteiger partial charge in [-0.2, -0.15) is 4.98 Å². The highest BCUT2D eigenvalue weighted by Crippen LogP contribution is 2.32. The maximum absolute atomic E-state index is 12.9. The van der Waals surface area contributed by atoms with Crippen LogP contribution >= 0.6 is 0 Å². The van der Waals surface area contributed by atoms with Crippen molar-refractivity contribution in [3.05, 3.63) is 76.8 Å². The molecule has 6 heteroatoms. The van der Waals surface area contributed by atoms with Crippen LogP contribution in [0.25, 0.3) is 22.3 Å². The molecule has 126 valence electrons. The highest BCUT2D eigenvalue weighted by Gasteiger charge is 2.23. The highest BCUT2D eigenvalue weighted by molar-refractivity contribution is 5.91. The maximum Gasteiger partial charge on any atom is 0.262 e. The molecule has 4 heterocycles. The van der Waals surface area contributed by atoms with Crippen LogP contribution in [0.15, 0.2) is 65.7 Å². The molecule has 0 saturated heterocycles. The van der Waals surface area contributed by atoms with Crippen molar-refractivity contribution in [3.63, 3.8) is 0 Å². The van der Waals surface area contributed by atoms with Gasteiger partial charge in [0.2, 0.25) is 5.95 Å². The fraction of sp³-hybridized carbons (Fsp3) is 0.100. The third-order valence-corrected chi connectivity index (χ3v) is 4.68. The summed E-state index contributed by atoms with van der Waals surface area (Å²) in [6.45, 7) is 0.785. The van der Waals surface area contributed by atoms with Gasteiger partial charge in [-0.3, -0.25) is 14.8 Å². The van der Waals surface area contributed by atoms with E-state index in [1.807, 2.05) is 41.3 Å². The summed E-state index contributed by atoms with van der Waals surface area (Å²) < 4.78 is 0. The van der Waals surface area contributed by atoms with Gasteiger partial charge in [-0.05, 0) is 36.2 Å². The lowest BCUT2D eigenvalue weighted by molar-refractivity contribution is 0.938. The average molecular weight is 341 g/mol. The molecular weight excluding hydrogens is 326 g/mol. The normalized spacial score (nSPS) is 13.2. The third-order valence-electron chi connectivity index (χ3n) is 4.68. The third kappa shape index (κ3) is 2.27. The summed E-state index contributed by atoms with van der Waals surface area (Å²) in [5, 5.41) is 0.461. The van der Waals surface area contributed by atoms with Gasteiger partial charge in [-0.1, -0.05) is 24.3 Å². The molecule has 0 bridgehead atoms. The number of pyridine rings is 2. The molecule has 0 aliphatic carbocycles. The first-order valence-corrected chi connectivity index (χ1v) is 8.47. The number of benzene rings is 1. The molecule has 1 aliphatic heterocycles. The first kappa shape index (κ1) is 14.8. The quantitative estimate of drug-likeness (QED) is 0.606. The van der Waals surface area contributed by atoms with Gasteiger partial charge < -0.3 is 4.90 Å². The Morgan fingerprint density at radius 1 is 0.962 bits per heavy atom. The minimum atomic E-state index is -0.205. The number of aromatic nitrogens is 4. The lowest BCUT2D eigenvalue weighted by Gasteiger charge is -2.18. The summed E-state index contributed by atoms with van der Waals surface area (Å²) in [7, 11) is 0. The Morgan fingerprint density at radius 2 is 1.85 bits per heavy atom. The first-order valence-electron chi connectivity index (χ1n) is 8.47. The molecule has 0 atom stereocenters. The minimum absolute atomic E-state index is 0.205. The van der Waals surface area contributed by atoms with Crippen LogP contribution in [-0.2, 0) is 6.42 Å². The van der Waals surface area contributed by atoms with E-state index in [1.165, 1.54) is 5.56 Å². The van der Waals surface area contributed by atoms with E-state index in [1.54, 1.807) is 18.5 Å². The fourth-order valence-electron chi connectivity index (χ4n) is 3.47. The fourth-order valence-corrected chi connectivity index (χ4v) is 3.47. The van der Waals surface area contributed by atoms with E-state index in [0.29, 0.717) is 17.0 Å². The van der Waals surface area contributed by atoms with Crippen LogP contribution in [0.2, 0.25) is 0 Å². The zero-order chi connectivity index (χ0) is 17.5. The van der Waals surface area contributed by atoms with Gasteiger partial charge in [0.25, 0.3) is 5.56 Å². The number of hydrogen-bond donors (Lipinski definition) is 1. The summed E-state index contributed by atoms with van der Waals surface area (Å²) in [5.74, 6) is 0.526. The Bertz CT molecular complexity index is 1170. The Morgan fingerprint density at radius 3 is 2.73 bits per heavy atom. The number of rotatable bonds is 2. The molecule has 0 saturated carbocycles. The van der Waals surface area contributed by atoms with Crippen molar-refractivity contribution >= 4 is 22.7 Å². The van der Waals surface area contributed by atoms with Crippen molar-refractivity contribution in [1.82, 2.24) is 19.9 Å². The van der Waals surface area contributed by atoms with Gasteiger partial charge in [0, 0.05) is 30.2 Å². The van der Waals surface area contributed by atoms with Gasteiger partial charge >= 0.3 is 0 Å². The molecular formula is C20H15N5O. The lowest BCUT2D eigenvalue weighted by Crippen LogP contribution is -2.21. The maximum atomic E-state index is 12.9. The Balaban J connectivity index is 1.69. The number of H-pyrrole nitrogens is 1. The molecule has 0 amide bonds. The molecule has 3 aromatic heterocycles. The predicted molar refractivity (Wildman–Crippen MR) is 101 cm³/mol. The molecule has 4 aromatic rings. The second-order valence-corrected chi connectivity index (χ2v) is 6.19. The number of anilines is 2. The van der Waals surface area contributed by atoms with Gasteiger partial charge in [-0.15, -0.1) is 0 Å². The molecule has 0 fully saturated rings. The first-order chi connectivity index (χ1) is 12.8. The number of fused-ring (bicyclic) bond motifs is 2. The van der Waals surface area contributed by atoms with Gasteiger partial charge in [0.15, 0.2) is 5.65 Å². The largest absolute Gasteiger partial charge is 0.311 e. The van der Waals surface area contributed by atoms with Crippen molar-refractivity contribution in [2.75, 3.05) is 11.4 Å². The minimum Gasteiger partial charge on any atom is -0.311 e. The summed E-state index contributed by atoms with van der Waals surface area (Å²) in [6.07, 6.45) is 4.30. The molecule has 1 aromatic carbocycles. The van der Waals surface area contributed by atoms with Crippen molar-refractivity contribution in [1.29, 1.82) is 0 Å². The monoisotopic (exact) mass is 341 g/mol. The predicted octanol–water partition coefficient (Wildman–Crippen LogP) is 3.07. The van der Waals surface area contributed by atoms with Crippen molar-refractivity contribution < 1.29 is 0 Å². The van der Waals surface area contributed by atoms with Crippen LogP contribution in [-0.4, -0.2) is 26.5 Å². The molecule has 0 spiro atoms. The van der Waals surface area contributed by atoms with E-state index >= 15 is 0 Å². The number of hydrogen-bond acceptors (Lipinski definition) is 5. The Hall–Kier alpha value is -3.54. The zero-order valence-corrected chi connectivity index (χ0v) is 13.9. The van der Waals surface area contributed by atoms with Crippen LogP contribution in [0.4, 0.5) is 11.6 Å². The standard InChI is InChI=1S/C20H15N5O/c26-19-17-14(15-6-3-4-10-21-15)8-11-22-18(17)23-20(24-19)25-12-9-13-5-1-2-7-16(13)25/h1-8,10-11H,9,12H2,(H,22,23,24,26). The number of para-hydroxylation sites is 1. The van der Waals surface area contributed by atoms with Crippen molar-refractivity contribution in [3.8, 4) is 11.3 Å². The van der Waals surface area contributed by atoms with Gasteiger partial charge in [-0.25, -0.2) is 4.98 Å². The molecule has 1 N–H and O–H groups in total. The average Bonchev–Trinajstić information content (AvgIpc) is 3.12. The van der Waals surface area contributed by atoms with Crippen molar-refractivity contribution in [2.45, 2.75) is 6.42 Å². The Labute approximate surface area is 149 Å². The molecule has 1 aliphatic rings. The molecule has 5 rings (SSSR count). The van der Waals surface area contributed by atoms with E-state index in [-0.39, 0.29) is 5.56 Å². The summed E-state index contributed by atoms with van der Waals surface area (Å²) in [4.78, 5) is 31.2. The van der Waals surface area contributed by atoms with E-state index < -0.39 is 0 Å². The SMILES string of the molecule is O=c1[nH]c(N2CCc3ccccc32)nc2nccc(-c3ccccn3)c12. The molecule has 6 nitrogen and oxygen atoms in total.